The van der Waals surface area contributed by atoms with Gasteiger partial charge < -0.3 is 4.90 Å². The lowest BCUT2D eigenvalue weighted by Crippen LogP contribution is -2.13. The number of anilines is 1. The Kier molecular flexibility index (Phi) is 3.63. The van der Waals surface area contributed by atoms with Gasteiger partial charge in [-0.25, -0.2) is 0 Å². The van der Waals surface area contributed by atoms with Gasteiger partial charge >= 0.3 is 0 Å². The highest BCUT2D eigenvalue weighted by atomic mass is 16.2. The highest BCUT2D eigenvalue weighted by molar-refractivity contribution is 6.40. The molecule has 2 aliphatic rings. The summed E-state index contributed by atoms with van der Waals surface area (Å²) < 4.78 is 0. The van der Waals surface area contributed by atoms with Gasteiger partial charge in [0.05, 0.1) is 11.1 Å². The van der Waals surface area contributed by atoms with Crippen LogP contribution in [-0.4, -0.2) is 18.6 Å². The predicted octanol–water partition coefficient (Wildman–Crippen LogP) is 3.93. The fourth-order valence-electron chi connectivity index (χ4n) is 3.33. The molecule has 2 aromatic carbocycles. The highest BCUT2D eigenvalue weighted by Crippen LogP contribution is 2.34. The second-order valence-electron chi connectivity index (χ2n) is 6.15. The van der Waals surface area contributed by atoms with E-state index in [-0.39, 0.29) is 22.7 Å². The number of para-hydroxylation sites is 1. The average molecular weight is 338 g/mol. The number of nitriles is 1. The van der Waals surface area contributed by atoms with E-state index in [2.05, 4.69) is 0 Å². The zero-order chi connectivity index (χ0) is 18.3. The minimum absolute atomic E-state index is 0.0500. The van der Waals surface area contributed by atoms with Crippen LogP contribution in [0.5, 0.6) is 0 Å². The maximum Gasteiger partial charge on any atom is 0.199 e. The van der Waals surface area contributed by atoms with Crippen molar-refractivity contribution >= 4 is 22.8 Å². The third kappa shape index (κ3) is 2.30. The summed E-state index contributed by atoms with van der Waals surface area (Å²) in [4.78, 5) is 27.3. The second kappa shape index (κ2) is 5.98. The Bertz CT molecular complexity index is 1060. The van der Waals surface area contributed by atoms with Gasteiger partial charge in [0.25, 0.3) is 0 Å². The number of rotatable bonds is 1. The van der Waals surface area contributed by atoms with Crippen molar-refractivity contribution in [1.29, 1.82) is 5.26 Å². The number of carbonyl (C=O) groups is 2. The van der Waals surface area contributed by atoms with Gasteiger partial charge in [-0.05, 0) is 23.8 Å². The lowest BCUT2D eigenvalue weighted by Gasteiger charge is -2.23. The molecule has 0 fully saturated rings. The number of allylic oxidation sites excluding steroid dienone is 5. The highest BCUT2D eigenvalue weighted by Gasteiger charge is 2.35. The van der Waals surface area contributed by atoms with Crippen molar-refractivity contribution in [3.05, 3.63) is 94.7 Å². The Labute approximate surface area is 151 Å². The van der Waals surface area contributed by atoms with Gasteiger partial charge in [0.1, 0.15) is 6.07 Å². The van der Waals surface area contributed by atoms with Crippen molar-refractivity contribution in [2.75, 3.05) is 11.9 Å². The number of hydrogen-bond acceptors (Lipinski definition) is 4. The summed E-state index contributed by atoms with van der Waals surface area (Å²) in [5, 5.41) is 9.64. The van der Waals surface area contributed by atoms with Gasteiger partial charge in [0.15, 0.2) is 11.6 Å². The van der Waals surface area contributed by atoms with E-state index in [0.29, 0.717) is 11.1 Å². The maximum absolute atomic E-state index is 12.7. The Morgan fingerprint density at radius 2 is 1.54 bits per heavy atom. The van der Waals surface area contributed by atoms with Crippen LogP contribution in [0, 0.1) is 11.3 Å². The minimum Gasteiger partial charge on any atom is -0.351 e. The molecule has 1 aliphatic carbocycles. The second-order valence-corrected chi connectivity index (χ2v) is 6.15. The van der Waals surface area contributed by atoms with Crippen molar-refractivity contribution in [3.63, 3.8) is 0 Å². The normalized spacial score (nSPS) is 16.5. The molecule has 0 spiro atoms. The molecule has 0 aromatic heterocycles. The molecule has 0 atom stereocenters. The zero-order valence-electron chi connectivity index (χ0n) is 14.1. The van der Waals surface area contributed by atoms with Crippen LogP contribution in [0.3, 0.4) is 0 Å². The Morgan fingerprint density at radius 3 is 2.15 bits per heavy atom. The minimum atomic E-state index is -0.385. The summed E-state index contributed by atoms with van der Waals surface area (Å²) in [5.74, 6) is -0.770. The standard InChI is InChI=1S/C22H14N2O2/c1-24-11-10-14(16-6-4-5-9-19(16)24)12-15(13-23)20-21(25)17-7-2-3-8-18(17)22(20)26/h2-12H,1H3/b14-12+. The molecule has 1 heterocycles. The molecular weight excluding hydrogens is 324 g/mol. The van der Waals surface area contributed by atoms with Crippen LogP contribution in [0.2, 0.25) is 0 Å². The Balaban J connectivity index is 1.88. The quantitative estimate of drug-likeness (QED) is 0.449. The fraction of sp³-hybridized carbons (Fsp3) is 0.0455. The average Bonchev–Trinajstić information content (AvgIpc) is 2.93. The summed E-state index contributed by atoms with van der Waals surface area (Å²) in [7, 11) is 1.94. The molecule has 0 amide bonds. The van der Waals surface area contributed by atoms with E-state index in [1.807, 2.05) is 54.6 Å². The molecule has 0 saturated heterocycles. The van der Waals surface area contributed by atoms with Crippen LogP contribution in [0.15, 0.2) is 78.0 Å². The molecule has 0 N–H and O–H groups in total. The van der Waals surface area contributed by atoms with E-state index in [0.717, 1.165) is 16.8 Å². The molecule has 0 bridgehead atoms. The van der Waals surface area contributed by atoms with E-state index in [1.54, 1.807) is 30.3 Å². The van der Waals surface area contributed by atoms with Crippen LogP contribution in [0.4, 0.5) is 5.69 Å². The van der Waals surface area contributed by atoms with Crippen LogP contribution in [0.25, 0.3) is 5.57 Å². The van der Waals surface area contributed by atoms with Crippen LogP contribution in [0.1, 0.15) is 26.3 Å². The molecule has 4 heteroatoms. The summed E-state index contributed by atoms with van der Waals surface area (Å²) in [6, 6.07) is 16.5. The van der Waals surface area contributed by atoms with E-state index in [9.17, 15) is 14.9 Å². The van der Waals surface area contributed by atoms with E-state index >= 15 is 0 Å². The summed E-state index contributed by atoms with van der Waals surface area (Å²) in [5.41, 5.74) is 3.49. The summed E-state index contributed by atoms with van der Waals surface area (Å²) in [6.45, 7) is 0. The molecule has 0 saturated carbocycles. The first kappa shape index (κ1) is 15.8. The molecule has 4 nitrogen and oxygen atoms in total. The van der Waals surface area contributed by atoms with E-state index in [4.69, 9.17) is 0 Å². The van der Waals surface area contributed by atoms with E-state index < -0.39 is 0 Å². The smallest absolute Gasteiger partial charge is 0.199 e. The van der Waals surface area contributed by atoms with Gasteiger partial charge in [-0.3, -0.25) is 9.59 Å². The number of Topliss-reactive ketones (excluding diaryl/α,β-unsaturated/α-hetero) is 2. The first-order chi connectivity index (χ1) is 12.6. The lowest BCUT2D eigenvalue weighted by atomic mass is 9.95. The third-order valence-electron chi connectivity index (χ3n) is 4.63. The molecule has 124 valence electrons. The maximum atomic E-state index is 12.7. The zero-order valence-corrected chi connectivity index (χ0v) is 14.1. The number of nitrogens with zero attached hydrogens (tertiary/aromatic N) is 2. The predicted molar refractivity (Wildman–Crippen MR) is 99.7 cm³/mol. The van der Waals surface area contributed by atoms with Gasteiger partial charge in [-0.15, -0.1) is 0 Å². The van der Waals surface area contributed by atoms with Crippen LogP contribution in [-0.2, 0) is 0 Å². The van der Waals surface area contributed by atoms with E-state index in [1.165, 1.54) is 0 Å². The first-order valence-electron chi connectivity index (χ1n) is 8.16. The first-order valence-corrected chi connectivity index (χ1v) is 8.16. The summed E-state index contributed by atoms with van der Waals surface area (Å²) >= 11 is 0. The fourth-order valence-corrected chi connectivity index (χ4v) is 3.33. The summed E-state index contributed by atoms with van der Waals surface area (Å²) in [6.07, 6.45) is 5.39. The third-order valence-corrected chi connectivity index (χ3v) is 4.63. The van der Waals surface area contributed by atoms with Gasteiger partial charge in [0.2, 0.25) is 0 Å². The number of benzene rings is 2. The molecule has 2 aromatic rings. The van der Waals surface area contributed by atoms with Crippen molar-refractivity contribution in [3.8, 4) is 6.07 Å². The lowest BCUT2D eigenvalue weighted by molar-refractivity contribution is 0.0988. The monoisotopic (exact) mass is 338 g/mol. The number of ketones is 2. The number of carbonyl (C=O) groups excluding carboxylic acids is 2. The van der Waals surface area contributed by atoms with Crippen LogP contribution >= 0.6 is 0 Å². The molecule has 1 aliphatic heterocycles. The van der Waals surface area contributed by atoms with Gasteiger partial charge in [-0.1, -0.05) is 42.5 Å². The van der Waals surface area contributed by atoms with Crippen molar-refractivity contribution in [2.24, 2.45) is 0 Å². The van der Waals surface area contributed by atoms with Crippen molar-refractivity contribution in [1.82, 2.24) is 0 Å². The molecule has 26 heavy (non-hydrogen) atoms. The molecule has 0 unspecified atom stereocenters. The topological polar surface area (TPSA) is 61.2 Å². The molecule has 0 radical (unpaired) electrons. The largest absolute Gasteiger partial charge is 0.351 e. The van der Waals surface area contributed by atoms with Gasteiger partial charge in [-0.2, -0.15) is 5.26 Å². The molecule has 4 rings (SSSR count). The molecular formula is C22H14N2O2. The van der Waals surface area contributed by atoms with Gasteiger partial charge in [0, 0.05) is 35.6 Å². The van der Waals surface area contributed by atoms with Crippen molar-refractivity contribution < 1.29 is 9.59 Å². The SMILES string of the molecule is CN1C=C/C(=C\C(C#N)=C2C(=O)c3ccccc3C2=O)c2ccccc21. The number of fused-ring (bicyclic) bond motifs is 2. The van der Waals surface area contributed by atoms with Crippen LogP contribution < -0.4 is 4.90 Å². The number of hydrogen-bond donors (Lipinski definition) is 0. The van der Waals surface area contributed by atoms with Crippen molar-refractivity contribution in [2.45, 2.75) is 0 Å². The Morgan fingerprint density at radius 1 is 0.962 bits per heavy atom. The Hall–Kier alpha value is -3.71.